The van der Waals surface area contributed by atoms with Crippen LogP contribution in [0.4, 0.5) is 0 Å². The molecule has 1 saturated carbocycles. The van der Waals surface area contributed by atoms with Crippen LogP contribution in [0, 0.1) is 0 Å². The van der Waals surface area contributed by atoms with Gasteiger partial charge in [-0.2, -0.15) is 0 Å². The smallest absolute Gasteiger partial charge is 0.325 e. The molecule has 1 aromatic rings. The lowest BCUT2D eigenvalue weighted by molar-refractivity contribution is -0.138. The van der Waals surface area contributed by atoms with Crippen molar-refractivity contribution in [2.75, 3.05) is 7.11 Å². The van der Waals surface area contributed by atoms with E-state index in [0.717, 1.165) is 25.7 Å². The molecule has 1 aromatic carbocycles. The highest BCUT2D eigenvalue weighted by molar-refractivity contribution is 6.32. The number of rotatable bonds is 5. The number of methoxy groups -OCH3 is 1. The second-order valence-electron chi connectivity index (χ2n) is 4.87. The fraction of sp³-hybridized carbons (Fsp3) is 0.500. The average Bonchev–Trinajstić information content (AvgIpc) is 2.90. The summed E-state index contributed by atoms with van der Waals surface area (Å²) in [7, 11) is 1.50. The maximum atomic E-state index is 11.0. The monoisotopic (exact) mass is 299 g/mol. The van der Waals surface area contributed by atoms with Crippen molar-refractivity contribution in [1.82, 2.24) is 0 Å². The van der Waals surface area contributed by atoms with Crippen LogP contribution in [0.3, 0.4) is 0 Å². The van der Waals surface area contributed by atoms with Gasteiger partial charge in [-0.1, -0.05) is 11.6 Å². The van der Waals surface area contributed by atoms with Crippen LogP contribution < -0.4 is 15.2 Å². The highest BCUT2D eigenvalue weighted by Crippen LogP contribution is 2.39. The Balaban J connectivity index is 2.33. The van der Waals surface area contributed by atoms with Crippen molar-refractivity contribution >= 4 is 17.6 Å². The van der Waals surface area contributed by atoms with E-state index in [1.54, 1.807) is 6.07 Å². The minimum atomic E-state index is -1.13. The predicted molar refractivity (Wildman–Crippen MR) is 75.5 cm³/mol. The number of aliphatic carboxylic acids is 1. The molecule has 1 fully saturated rings. The Bertz CT molecular complexity index is 500. The normalized spacial score (nSPS) is 16.9. The first-order valence-electron chi connectivity index (χ1n) is 6.55. The van der Waals surface area contributed by atoms with Gasteiger partial charge in [0, 0.05) is 0 Å². The van der Waals surface area contributed by atoms with E-state index in [-0.39, 0.29) is 6.10 Å². The first kappa shape index (κ1) is 14.9. The molecule has 1 aliphatic rings. The number of hydrogen-bond acceptors (Lipinski definition) is 4. The molecule has 0 aromatic heterocycles. The van der Waals surface area contributed by atoms with Crippen LogP contribution in [-0.2, 0) is 4.79 Å². The second kappa shape index (κ2) is 6.33. The number of carboxylic acid groups (broad SMARTS) is 1. The number of hydrogen-bond donors (Lipinski definition) is 2. The third-order valence-corrected chi connectivity index (χ3v) is 3.74. The van der Waals surface area contributed by atoms with Gasteiger partial charge in [-0.25, -0.2) is 0 Å². The first-order chi connectivity index (χ1) is 9.52. The molecule has 1 aliphatic carbocycles. The molecule has 1 atom stereocenters. The van der Waals surface area contributed by atoms with Gasteiger partial charge in [-0.3, -0.25) is 4.79 Å². The third-order valence-electron chi connectivity index (χ3n) is 3.46. The fourth-order valence-corrected chi connectivity index (χ4v) is 2.68. The van der Waals surface area contributed by atoms with E-state index in [1.165, 1.54) is 13.2 Å². The Hall–Kier alpha value is -1.46. The van der Waals surface area contributed by atoms with E-state index in [4.69, 9.17) is 31.9 Å². The van der Waals surface area contributed by atoms with E-state index in [1.807, 2.05) is 0 Å². The lowest BCUT2D eigenvalue weighted by Crippen LogP contribution is -2.21. The quantitative estimate of drug-likeness (QED) is 0.873. The van der Waals surface area contributed by atoms with Gasteiger partial charge in [-0.15, -0.1) is 0 Å². The van der Waals surface area contributed by atoms with Crippen molar-refractivity contribution < 1.29 is 19.4 Å². The molecule has 20 heavy (non-hydrogen) atoms. The molecule has 0 bridgehead atoms. The summed E-state index contributed by atoms with van der Waals surface area (Å²) in [6.07, 6.45) is 4.35. The molecule has 0 aliphatic heterocycles. The molecular weight excluding hydrogens is 282 g/mol. The second-order valence-corrected chi connectivity index (χ2v) is 5.28. The molecule has 5 nitrogen and oxygen atoms in total. The zero-order valence-corrected chi connectivity index (χ0v) is 12.0. The summed E-state index contributed by atoms with van der Waals surface area (Å²) in [5.41, 5.74) is 6.02. The van der Waals surface area contributed by atoms with Crippen molar-refractivity contribution in [3.63, 3.8) is 0 Å². The summed E-state index contributed by atoms with van der Waals surface area (Å²) < 4.78 is 11.1. The van der Waals surface area contributed by atoms with Crippen LogP contribution in [-0.4, -0.2) is 24.3 Å². The highest BCUT2D eigenvalue weighted by Gasteiger charge is 2.23. The van der Waals surface area contributed by atoms with Gasteiger partial charge in [0.25, 0.3) is 0 Å². The first-order valence-corrected chi connectivity index (χ1v) is 6.93. The topological polar surface area (TPSA) is 81.8 Å². The van der Waals surface area contributed by atoms with Crippen molar-refractivity contribution in [3.8, 4) is 11.5 Å². The zero-order chi connectivity index (χ0) is 14.7. The van der Waals surface area contributed by atoms with Crippen LogP contribution in [0.15, 0.2) is 12.1 Å². The Morgan fingerprint density at radius 3 is 2.65 bits per heavy atom. The van der Waals surface area contributed by atoms with Crippen LogP contribution >= 0.6 is 11.6 Å². The molecule has 110 valence electrons. The molecule has 0 amide bonds. The molecule has 0 spiro atoms. The Morgan fingerprint density at radius 2 is 2.10 bits per heavy atom. The predicted octanol–water partition coefficient (Wildman–Crippen LogP) is 2.75. The van der Waals surface area contributed by atoms with Crippen LogP contribution in [0.2, 0.25) is 5.02 Å². The lowest BCUT2D eigenvalue weighted by Gasteiger charge is -2.19. The SMILES string of the molecule is COc1c(Cl)cc(C(N)C(=O)O)cc1OC1CCCC1. The number of benzene rings is 1. The third kappa shape index (κ3) is 3.16. The van der Waals surface area contributed by atoms with Crippen molar-refractivity contribution in [3.05, 3.63) is 22.7 Å². The summed E-state index contributed by atoms with van der Waals surface area (Å²) in [4.78, 5) is 11.0. The Labute approximate surface area is 122 Å². The lowest BCUT2D eigenvalue weighted by atomic mass is 10.1. The number of carboxylic acids is 1. The van der Waals surface area contributed by atoms with Gasteiger partial charge >= 0.3 is 5.97 Å². The highest BCUT2D eigenvalue weighted by atomic mass is 35.5. The molecule has 2 rings (SSSR count). The van der Waals surface area contributed by atoms with Gasteiger partial charge in [-0.05, 0) is 43.4 Å². The molecular formula is C14H18ClNO4. The largest absolute Gasteiger partial charge is 0.491 e. The van der Waals surface area contributed by atoms with Crippen LogP contribution in [0.1, 0.15) is 37.3 Å². The number of ether oxygens (including phenoxy) is 2. The molecule has 6 heteroatoms. The minimum absolute atomic E-state index is 0.122. The summed E-state index contributed by atoms with van der Waals surface area (Å²) in [5.74, 6) is -0.239. The zero-order valence-electron chi connectivity index (χ0n) is 11.3. The van der Waals surface area contributed by atoms with Crippen LogP contribution in [0.5, 0.6) is 11.5 Å². The fourth-order valence-electron chi connectivity index (χ4n) is 2.38. The summed E-state index contributed by atoms with van der Waals surface area (Å²) in [6.45, 7) is 0. The molecule has 1 unspecified atom stereocenters. The van der Waals surface area contributed by atoms with Gasteiger partial charge in [0.2, 0.25) is 0 Å². The van der Waals surface area contributed by atoms with E-state index in [0.29, 0.717) is 22.1 Å². The molecule has 0 radical (unpaired) electrons. The average molecular weight is 300 g/mol. The van der Waals surface area contributed by atoms with E-state index >= 15 is 0 Å². The molecule has 0 saturated heterocycles. The van der Waals surface area contributed by atoms with Gasteiger partial charge in [0.1, 0.15) is 6.04 Å². The van der Waals surface area contributed by atoms with E-state index in [9.17, 15) is 4.79 Å². The van der Waals surface area contributed by atoms with Gasteiger partial charge in [0.15, 0.2) is 11.5 Å². The summed E-state index contributed by atoms with van der Waals surface area (Å²) >= 11 is 6.12. The van der Waals surface area contributed by atoms with Crippen LogP contribution in [0.25, 0.3) is 0 Å². The molecule has 3 N–H and O–H groups in total. The van der Waals surface area contributed by atoms with E-state index < -0.39 is 12.0 Å². The Kier molecular flexibility index (Phi) is 4.73. The number of nitrogens with two attached hydrogens (primary N) is 1. The van der Waals surface area contributed by atoms with Crippen molar-refractivity contribution in [1.29, 1.82) is 0 Å². The number of halogens is 1. The summed E-state index contributed by atoms with van der Waals surface area (Å²) in [6, 6.07) is 1.96. The van der Waals surface area contributed by atoms with Gasteiger partial charge in [0.05, 0.1) is 18.2 Å². The summed E-state index contributed by atoms with van der Waals surface area (Å²) in [5, 5.41) is 9.29. The maximum absolute atomic E-state index is 11.0. The standard InChI is InChI=1S/C14H18ClNO4/c1-19-13-10(15)6-8(12(16)14(17)18)7-11(13)20-9-4-2-3-5-9/h6-7,9,12H,2-5,16H2,1H3,(H,17,18). The van der Waals surface area contributed by atoms with E-state index in [2.05, 4.69) is 0 Å². The minimum Gasteiger partial charge on any atom is -0.491 e. The van der Waals surface area contributed by atoms with Crippen molar-refractivity contribution in [2.24, 2.45) is 5.73 Å². The maximum Gasteiger partial charge on any atom is 0.325 e. The Morgan fingerprint density at radius 1 is 1.45 bits per heavy atom. The number of carbonyl (C=O) groups is 1. The van der Waals surface area contributed by atoms with Crippen molar-refractivity contribution in [2.45, 2.75) is 37.8 Å². The van der Waals surface area contributed by atoms with Gasteiger partial charge < -0.3 is 20.3 Å². The molecule has 0 heterocycles.